The fourth-order valence-electron chi connectivity index (χ4n) is 1.98. The second-order valence-corrected chi connectivity index (χ2v) is 5.85. The standard InChI is InChI=1S/C15H13BrClFN2O/c1-8(11-4-2-9(18)6-13(11)16)20-10-3-5-14(17)12(7-10)15(19)21/h2-8,20H,1H3,(H2,19,21). The number of anilines is 1. The Labute approximate surface area is 135 Å². The number of carbonyl (C=O) groups excluding carboxylic acids is 1. The van der Waals surface area contributed by atoms with E-state index in [9.17, 15) is 9.18 Å². The van der Waals surface area contributed by atoms with Gasteiger partial charge in [0, 0.05) is 16.2 Å². The van der Waals surface area contributed by atoms with Crippen molar-refractivity contribution in [3.63, 3.8) is 0 Å². The zero-order valence-electron chi connectivity index (χ0n) is 11.2. The van der Waals surface area contributed by atoms with Gasteiger partial charge in [-0.25, -0.2) is 4.39 Å². The van der Waals surface area contributed by atoms with Gasteiger partial charge >= 0.3 is 0 Å². The summed E-state index contributed by atoms with van der Waals surface area (Å²) in [6.45, 7) is 1.93. The Morgan fingerprint density at radius 1 is 1.33 bits per heavy atom. The summed E-state index contributed by atoms with van der Waals surface area (Å²) in [4.78, 5) is 11.3. The molecule has 2 aromatic rings. The molecule has 0 bridgehead atoms. The minimum atomic E-state index is -0.584. The van der Waals surface area contributed by atoms with Gasteiger partial charge in [-0.2, -0.15) is 0 Å². The number of nitrogens with two attached hydrogens (primary N) is 1. The minimum Gasteiger partial charge on any atom is -0.378 e. The average Bonchev–Trinajstić information content (AvgIpc) is 2.40. The summed E-state index contributed by atoms with van der Waals surface area (Å²) in [5.41, 5.74) is 7.12. The third-order valence-corrected chi connectivity index (χ3v) is 4.06. The smallest absolute Gasteiger partial charge is 0.250 e. The first-order valence-corrected chi connectivity index (χ1v) is 7.36. The lowest BCUT2D eigenvalue weighted by Gasteiger charge is -2.18. The maximum Gasteiger partial charge on any atom is 0.250 e. The molecular weight excluding hydrogens is 359 g/mol. The Morgan fingerprint density at radius 3 is 2.67 bits per heavy atom. The first-order valence-electron chi connectivity index (χ1n) is 6.19. The second kappa shape index (κ2) is 6.45. The van der Waals surface area contributed by atoms with Crippen LogP contribution in [0.1, 0.15) is 28.9 Å². The fourth-order valence-corrected chi connectivity index (χ4v) is 2.89. The molecule has 0 aliphatic carbocycles. The first kappa shape index (κ1) is 15.8. The van der Waals surface area contributed by atoms with Gasteiger partial charge in [0.15, 0.2) is 0 Å². The normalized spacial score (nSPS) is 12.0. The second-order valence-electron chi connectivity index (χ2n) is 4.59. The van der Waals surface area contributed by atoms with Gasteiger partial charge in [0.1, 0.15) is 5.82 Å². The molecule has 0 fully saturated rings. The molecule has 21 heavy (non-hydrogen) atoms. The molecule has 0 saturated heterocycles. The number of primary amides is 1. The summed E-state index contributed by atoms with van der Waals surface area (Å²) >= 11 is 9.24. The number of carbonyl (C=O) groups is 1. The van der Waals surface area contributed by atoms with E-state index in [1.54, 1.807) is 24.3 Å². The molecular formula is C15H13BrClFN2O. The Hall–Kier alpha value is -1.59. The van der Waals surface area contributed by atoms with Gasteiger partial charge in [-0.3, -0.25) is 4.79 Å². The molecule has 110 valence electrons. The molecule has 0 aliphatic rings. The fraction of sp³-hybridized carbons (Fsp3) is 0.133. The summed E-state index contributed by atoms with van der Waals surface area (Å²) in [6, 6.07) is 9.36. The van der Waals surface area contributed by atoms with Gasteiger partial charge in [-0.15, -0.1) is 0 Å². The predicted octanol–water partition coefficient (Wildman–Crippen LogP) is 4.51. The molecule has 1 atom stereocenters. The Bertz CT molecular complexity index is 693. The molecule has 0 spiro atoms. The van der Waals surface area contributed by atoms with E-state index >= 15 is 0 Å². The van der Waals surface area contributed by atoms with E-state index in [1.807, 2.05) is 6.92 Å². The average molecular weight is 372 g/mol. The van der Waals surface area contributed by atoms with Crippen LogP contribution in [0.4, 0.5) is 10.1 Å². The van der Waals surface area contributed by atoms with E-state index in [1.165, 1.54) is 12.1 Å². The lowest BCUT2D eigenvalue weighted by Crippen LogP contribution is -2.13. The van der Waals surface area contributed by atoms with Gasteiger partial charge < -0.3 is 11.1 Å². The molecule has 2 aromatic carbocycles. The lowest BCUT2D eigenvalue weighted by atomic mass is 10.1. The van der Waals surface area contributed by atoms with Crippen molar-refractivity contribution in [2.45, 2.75) is 13.0 Å². The maximum atomic E-state index is 13.1. The molecule has 0 aromatic heterocycles. The molecule has 0 radical (unpaired) electrons. The van der Waals surface area contributed by atoms with Gasteiger partial charge in [0.05, 0.1) is 10.6 Å². The third kappa shape index (κ3) is 3.74. The molecule has 0 saturated carbocycles. The van der Waals surface area contributed by atoms with Crippen LogP contribution in [0.25, 0.3) is 0 Å². The van der Waals surface area contributed by atoms with E-state index in [2.05, 4.69) is 21.2 Å². The Balaban J connectivity index is 2.25. The lowest BCUT2D eigenvalue weighted by molar-refractivity contribution is 0.100. The number of halogens is 3. The highest BCUT2D eigenvalue weighted by Crippen LogP contribution is 2.28. The summed E-state index contributed by atoms with van der Waals surface area (Å²) in [5, 5.41) is 3.53. The van der Waals surface area contributed by atoms with Crippen LogP contribution >= 0.6 is 27.5 Å². The number of nitrogens with one attached hydrogen (secondary N) is 1. The van der Waals surface area contributed by atoms with Crippen molar-refractivity contribution in [2.24, 2.45) is 5.73 Å². The Morgan fingerprint density at radius 2 is 2.05 bits per heavy atom. The zero-order chi connectivity index (χ0) is 15.6. The first-order chi connectivity index (χ1) is 9.88. The highest BCUT2D eigenvalue weighted by atomic mass is 79.9. The molecule has 3 N–H and O–H groups in total. The van der Waals surface area contributed by atoms with Crippen LogP contribution in [0.15, 0.2) is 40.9 Å². The molecule has 1 amide bonds. The molecule has 0 aliphatic heterocycles. The van der Waals surface area contributed by atoms with Crippen molar-refractivity contribution < 1.29 is 9.18 Å². The van der Waals surface area contributed by atoms with Crippen LogP contribution in [0, 0.1) is 5.82 Å². The monoisotopic (exact) mass is 370 g/mol. The van der Waals surface area contributed by atoms with E-state index in [-0.39, 0.29) is 17.4 Å². The number of hydrogen-bond donors (Lipinski definition) is 2. The summed E-state index contributed by atoms with van der Waals surface area (Å²) < 4.78 is 13.8. The summed E-state index contributed by atoms with van der Waals surface area (Å²) in [7, 11) is 0. The zero-order valence-corrected chi connectivity index (χ0v) is 13.5. The van der Waals surface area contributed by atoms with Crippen molar-refractivity contribution in [2.75, 3.05) is 5.32 Å². The largest absolute Gasteiger partial charge is 0.378 e. The van der Waals surface area contributed by atoms with Crippen LogP contribution in [-0.4, -0.2) is 5.91 Å². The van der Waals surface area contributed by atoms with E-state index in [0.29, 0.717) is 15.2 Å². The van der Waals surface area contributed by atoms with Crippen LogP contribution in [0.2, 0.25) is 5.02 Å². The van der Waals surface area contributed by atoms with Crippen LogP contribution in [0.3, 0.4) is 0 Å². The molecule has 3 nitrogen and oxygen atoms in total. The topological polar surface area (TPSA) is 55.1 Å². The van der Waals surface area contributed by atoms with Crippen molar-refractivity contribution in [1.82, 2.24) is 0 Å². The highest BCUT2D eigenvalue weighted by Gasteiger charge is 2.12. The SMILES string of the molecule is CC(Nc1ccc(Cl)c(C(N)=O)c1)c1ccc(F)cc1Br. The van der Waals surface area contributed by atoms with Crippen LogP contribution < -0.4 is 11.1 Å². The molecule has 2 rings (SSSR count). The Kier molecular flexibility index (Phi) is 4.85. The van der Waals surface area contributed by atoms with Gasteiger partial charge in [-0.1, -0.05) is 33.6 Å². The van der Waals surface area contributed by atoms with Crippen LogP contribution in [-0.2, 0) is 0 Å². The minimum absolute atomic E-state index is 0.0955. The molecule has 6 heteroatoms. The van der Waals surface area contributed by atoms with Crippen molar-refractivity contribution in [3.8, 4) is 0 Å². The maximum absolute atomic E-state index is 13.1. The molecule has 0 heterocycles. The number of amides is 1. The van der Waals surface area contributed by atoms with Crippen LogP contribution in [0.5, 0.6) is 0 Å². The summed E-state index contributed by atoms with van der Waals surface area (Å²) in [5.74, 6) is -0.889. The quantitative estimate of drug-likeness (QED) is 0.830. The van der Waals surface area contributed by atoms with Crippen molar-refractivity contribution in [1.29, 1.82) is 0 Å². The third-order valence-electron chi connectivity index (χ3n) is 3.04. The molecule has 1 unspecified atom stereocenters. The van der Waals surface area contributed by atoms with Crippen molar-refractivity contribution in [3.05, 3.63) is 62.8 Å². The van der Waals surface area contributed by atoms with E-state index in [0.717, 1.165) is 5.56 Å². The van der Waals surface area contributed by atoms with E-state index in [4.69, 9.17) is 17.3 Å². The van der Waals surface area contributed by atoms with Gasteiger partial charge in [0.2, 0.25) is 5.91 Å². The highest BCUT2D eigenvalue weighted by molar-refractivity contribution is 9.10. The van der Waals surface area contributed by atoms with Crippen molar-refractivity contribution >= 4 is 39.1 Å². The summed E-state index contributed by atoms with van der Waals surface area (Å²) in [6.07, 6.45) is 0. The predicted molar refractivity (Wildman–Crippen MR) is 86.1 cm³/mol. The number of benzene rings is 2. The van der Waals surface area contributed by atoms with E-state index < -0.39 is 5.91 Å². The number of hydrogen-bond acceptors (Lipinski definition) is 2. The number of rotatable bonds is 4. The van der Waals surface area contributed by atoms with Gasteiger partial charge in [0.25, 0.3) is 0 Å². The van der Waals surface area contributed by atoms with Gasteiger partial charge in [-0.05, 0) is 42.8 Å².